The zero-order valence-corrected chi connectivity index (χ0v) is 14.3. The smallest absolute Gasteiger partial charge is 0.416 e. The van der Waals surface area contributed by atoms with Gasteiger partial charge in [-0.25, -0.2) is 0 Å². The molecule has 2 atom stereocenters. The summed E-state index contributed by atoms with van der Waals surface area (Å²) in [6.07, 6.45) is -4.44. The maximum atomic E-state index is 12.9. The van der Waals surface area contributed by atoms with E-state index in [0.717, 1.165) is 24.4 Å². The van der Waals surface area contributed by atoms with Crippen LogP contribution in [0.1, 0.15) is 23.5 Å². The van der Waals surface area contributed by atoms with Crippen LogP contribution in [0.25, 0.3) is 0 Å². The first-order valence-corrected chi connectivity index (χ1v) is 8.69. The van der Waals surface area contributed by atoms with Crippen molar-refractivity contribution in [3.05, 3.63) is 65.7 Å². The van der Waals surface area contributed by atoms with Crippen molar-refractivity contribution in [2.75, 3.05) is 26.2 Å². The molecule has 0 bridgehead atoms. The number of alkyl halides is 3. The average Bonchev–Trinajstić information content (AvgIpc) is 2.62. The number of ether oxygens (including phenoxy) is 1. The van der Waals surface area contributed by atoms with Gasteiger partial charge in [0.15, 0.2) is 0 Å². The molecule has 3 nitrogen and oxygen atoms in total. The molecule has 0 aromatic heterocycles. The van der Waals surface area contributed by atoms with Crippen LogP contribution in [0, 0.1) is 0 Å². The van der Waals surface area contributed by atoms with Crippen molar-refractivity contribution < 1.29 is 23.0 Å². The number of rotatable bonds is 5. The molecular formula is C20H22F3NO2. The van der Waals surface area contributed by atoms with E-state index in [-0.39, 0.29) is 5.92 Å². The molecule has 1 saturated heterocycles. The molecule has 3 rings (SSSR count). The normalized spacial score (nSPS) is 21.5. The molecule has 1 heterocycles. The van der Waals surface area contributed by atoms with Crippen LogP contribution in [0.5, 0.6) is 5.75 Å². The van der Waals surface area contributed by atoms with Gasteiger partial charge in [0.25, 0.3) is 0 Å². The van der Waals surface area contributed by atoms with E-state index in [9.17, 15) is 18.3 Å². The number of halogens is 3. The van der Waals surface area contributed by atoms with E-state index in [1.807, 2.05) is 30.3 Å². The maximum Gasteiger partial charge on any atom is 0.416 e. The third-order valence-electron chi connectivity index (χ3n) is 4.73. The second kappa shape index (κ2) is 8.10. The molecular weight excluding hydrogens is 343 g/mol. The predicted octanol–water partition coefficient (Wildman–Crippen LogP) is 3.93. The van der Waals surface area contributed by atoms with Crippen molar-refractivity contribution in [1.82, 2.24) is 4.90 Å². The number of hydrogen-bond donors (Lipinski definition) is 1. The molecule has 2 aromatic rings. The summed E-state index contributed by atoms with van der Waals surface area (Å²) in [4.78, 5) is 2.08. The van der Waals surface area contributed by atoms with Crippen LogP contribution >= 0.6 is 0 Å². The highest BCUT2D eigenvalue weighted by atomic mass is 19.4. The van der Waals surface area contributed by atoms with Crippen molar-refractivity contribution in [3.8, 4) is 5.75 Å². The largest absolute Gasteiger partial charge is 0.492 e. The average molecular weight is 365 g/mol. The summed E-state index contributed by atoms with van der Waals surface area (Å²) >= 11 is 0. The SMILES string of the molecule is OC1CN(CCOc2ccccc2)CCC1c1cccc(C(F)(F)F)c1. The number of β-amino-alcohol motifs (C(OH)–C–C–N with tert-alkyl or cyclic N) is 1. The molecule has 0 amide bonds. The fourth-order valence-electron chi connectivity index (χ4n) is 3.34. The van der Waals surface area contributed by atoms with Gasteiger partial charge in [0.1, 0.15) is 12.4 Å². The van der Waals surface area contributed by atoms with Crippen molar-refractivity contribution >= 4 is 0 Å². The lowest BCUT2D eigenvalue weighted by Crippen LogP contribution is -2.44. The minimum Gasteiger partial charge on any atom is -0.492 e. The third kappa shape index (κ3) is 4.77. The van der Waals surface area contributed by atoms with Crippen LogP contribution in [-0.4, -0.2) is 42.4 Å². The quantitative estimate of drug-likeness (QED) is 0.871. The fourth-order valence-corrected chi connectivity index (χ4v) is 3.34. The Kier molecular flexibility index (Phi) is 5.84. The number of likely N-dealkylation sites (tertiary alicyclic amines) is 1. The number of aliphatic hydroxyl groups is 1. The number of aliphatic hydroxyl groups excluding tert-OH is 1. The molecule has 6 heteroatoms. The van der Waals surface area contributed by atoms with E-state index < -0.39 is 17.8 Å². The second-order valence-electron chi connectivity index (χ2n) is 6.55. The minimum atomic E-state index is -4.36. The Balaban J connectivity index is 1.54. The molecule has 1 fully saturated rings. The molecule has 2 unspecified atom stereocenters. The van der Waals surface area contributed by atoms with Gasteiger partial charge in [-0.2, -0.15) is 13.2 Å². The topological polar surface area (TPSA) is 32.7 Å². The van der Waals surface area contributed by atoms with Gasteiger partial charge in [-0.3, -0.25) is 4.90 Å². The standard InChI is InChI=1S/C20H22F3NO2/c21-20(22,23)16-6-4-5-15(13-16)18-9-10-24(14-19(18)25)11-12-26-17-7-2-1-3-8-17/h1-8,13,18-19,25H,9-12,14H2. The lowest BCUT2D eigenvalue weighted by Gasteiger charge is -2.36. The first-order chi connectivity index (χ1) is 12.4. The third-order valence-corrected chi connectivity index (χ3v) is 4.73. The molecule has 0 aliphatic carbocycles. The van der Waals surface area contributed by atoms with Gasteiger partial charge in [-0.15, -0.1) is 0 Å². The van der Waals surface area contributed by atoms with E-state index in [1.165, 1.54) is 6.07 Å². The molecule has 2 aromatic carbocycles. The van der Waals surface area contributed by atoms with Crippen molar-refractivity contribution in [3.63, 3.8) is 0 Å². The number of para-hydroxylation sites is 1. The molecule has 0 saturated carbocycles. The lowest BCUT2D eigenvalue weighted by molar-refractivity contribution is -0.137. The van der Waals surface area contributed by atoms with Crippen molar-refractivity contribution in [2.45, 2.75) is 24.6 Å². The zero-order valence-electron chi connectivity index (χ0n) is 14.3. The summed E-state index contributed by atoms with van der Waals surface area (Å²) in [5.74, 6) is 0.524. The Morgan fingerprint density at radius 1 is 1.08 bits per heavy atom. The highest BCUT2D eigenvalue weighted by Gasteiger charge is 2.33. The van der Waals surface area contributed by atoms with Gasteiger partial charge in [0.2, 0.25) is 0 Å². The van der Waals surface area contributed by atoms with E-state index in [4.69, 9.17) is 4.74 Å². The first kappa shape index (κ1) is 18.7. The Hall–Kier alpha value is -2.05. The van der Waals surface area contributed by atoms with Gasteiger partial charge < -0.3 is 9.84 Å². The Morgan fingerprint density at radius 3 is 2.54 bits per heavy atom. The fraction of sp³-hybridized carbons (Fsp3) is 0.400. The van der Waals surface area contributed by atoms with Crippen molar-refractivity contribution in [1.29, 1.82) is 0 Å². The first-order valence-electron chi connectivity index (χ1n) is 8.69. The number of hydrogen-bond acceptors (Lipinski definition) is 3. The van der Waals surface area contributed by atoms with Crippen LogP contribution < -0.4 is 4.74 Å². The highest BCUT2D eigenvalue weighted by molar-refractivity contribution is 5.29. The number of piperidine rings is 1. The summed E-state index contributed by atoms with van der Waals surface area (Å²) in [6, 6.07) is 14.8. The van der Waals surface area contributed by atoms with Crippen LogP contribution in [-0.2, 0) is 6.18 Å². The Bertz CT molecular complexity index is 706. The van der Waals surface area contributed by atoms with Crippen molar-refractivity contribution in [2.24, 2.45) is 0 Å². The molecule has 1 N–H and O–H groups in total. The monoisotopic (exact) mass is 365 g/mol. The van der Waals surface area contributed by atoms with Crippen LogP contribution in [0.3, 0.4) is 0 Å². The van der Waals surface area contributed by atoms with Gasteiger partial charge >= 0.3 is 6.18 Å². The summed E-state index contributed by atoms with van der Waals surface area (Å²) in [5, 5.41) is 10.4. The van der Waals surface area contributed by atoms with Crippen LogP contribution in [0.2, 0.25) is 0 Å². The Morgan fingerprint density at radius 2 is 1.85 bits per heavy atom. The molecule has 26 heavy (non-hydrogen) atoms. The molecule has 0 spiro atoms. The van der Waals surface area contributed by atoms with Crippen LogP contribution in [0.4, 0.5) is 13.2 Å². The maximum absolute atomic E-state index is 12.9. The van der Waals surface area contributed by atoms with E-state index >= 15 is 0 Å². The van der Waals surface area contributed by atoms with Gasteiger partial charge in [0, 0.05) is 19.0 Å². The van der Waals surface area contributed by atoms with Gasteiger partial charge in [-0.05, 0) is 36.7 Å². The molecule has 0 radical (unpaired) electrons. The molecule has 140 valence electrons. The van der Waals surface area contributed by atoms with Crippen LogP contribution in [0.15, 0.2) is 54.6 Å². The Labute approximate surface area is 151 Å². The van der Waals surface area contributed by atoms with E-state index in [0.29, 0.717) is 31.7 Å². The van der Waals surface area contributed by atoms with Gasteiger partial charge in [0.05, 0.1) is 11.7 Å². The summed E-state index contributed by atoms with van der Waals surface area (Å²) in [6.45, 7) is 2.32. The predicted molar refractivity (Wildman–Crippen MR) is 93.2 cm³/mol. The summed E-state index contributed by atoms with van der Waals surface area (Å²) in [5.41, 5.74) is -0.117. The second-order valence-corrected chi connectivity index (χ2v) is 6.55. The molecule has 1 aliphatic heterocycles. The highest BCUT2D eigenvalue weighted by Crippen LogP contribution is 2.34. The number of nitrogens with zero attached hydrogens (tertiary/aromatic N) is 1. The molecule has 1 aliphatic rings. The van der Waals surface area contributed by atoms with E-state index in [2.05, 4.69) is 4.90 Å². The summed E-state index contributed by atoms with van der Waals surface area (Å²) in [7, 11) is 0. The van der Waals surface area contributed by atoms with E-state index in [1.54, 1.807) is 6.07 Å². The van der Waals surface area contributed by atoms with Gasteiger partial charge in [-0.1, -0.05) is 36.4 Å². The minimum absolute atomic E-state index is 0.274. The zero-order chi connectivity index (χ0) is 18.6. The lowest BCUT2D eigenvalue weighted by atomic mass is 9.86. The summed E-state index contributed by atoms with van der Waals surface area (Å²) < 4.78 is 44.3. The number of benzene rings is 2.